The number of carbonyl (C=O) groups excluding carboxylic acids is 1. The molecule has 0 saturated carbocycles. The van der Waals surface area contributed by atoms with Crippen LogP contribution < -0.4 is 4.90 Å². The van der Waals surface area contributed by atoms with E-state index in [0.717, 1.165) is 48.0 Å². The summed E-state index contributed by atoms with van der Waals surface area (Å²) in [5.41, 5.74) is 5.43. The fourth-order valence-electron chi connectivity index (χ4n) is 3.54. The van der Waals surface area contributed by atoms with Crippen LogP contribution in [-0.4, -0.2) is 12.5 Å². The van der Waals surface area contributed by atoms with Crippen molar-refractivity contribution in [2.24, 2.45) is 0 Å². The summed E-state index contributed by atoms with van der Waals surface area (Å²) in [7, 11) is 0. The fourth-order valence-corrected chi connectivity index (χ4v) is 3.54. The lowest BCUT2D eigenvalue weighted by Crippen LogP contribution is -2.36. The van der Waals surface area contributed by atoms with E-state index in [1.54, 1.807) is 6.26 Å². The summed E-state index contributed by atoms with van der Waals surface area (Å²) >= 11 is 0. The van der Waals surface area contributed by atoms with Crippen LogP contribution in [0.4, 0.5) is 5.69 Å². The molecule has 0 bridgehead atoms. The van der Waals surface area contributed by atoms with Gasteiger partial charge in [0.15, 0.2) is 0 Å². The number of carbonyl (C=O) groups is 1. The van der Waals surface area contributed by atoms with E-state index >= 15 is 0 Å². The van der Waals surface area contributed by atoms with Crippen molar-refractivity contribution in [1.82, 2.24) is 0 Å². The molecule has 1 aliphatic heterocycles. The molecule has 3 aromatic rings. The second-order valence-electron chi connectivity index (χ2n) is 6.40. The smallest absolute Gasteiger partial charge is 0.231 e. The average Bonchev–Trinajstić information content (AvgIpc) is 3.03. The second kappa shape index (κ2) is 6.16. The summed E-state index contributed by atoms with van der Waals surface area (Å²) in [6.07, 6.45) is 5.17. The molecule has 0 saturated heterocycles. The van der Waals surface area contributed by atoms with E-state index in [2.05, 4.69) is 31.2 Å². The number of hydrogen-bond acceptors (Lipinski definition) is 2. The first-order valence-electron chi connectivity index (χ1n) is 8.63. The van der Waals surface area contributed by atoms with E-state index in [1.807, 2.05) is 23.1 Å². The highest BCUT2D eigenvalue weighted by molar-refractivity contribution is 5.98. The standard InChI is InChI=1S/C21H21NO2/c1-2-15-9-10-20-18(12-15)17(14-24-20)13-21(23)22-11-5-7-16-6-3-4-8-19(16)22/h3-4,6,8-10,12,14H,2,5,7,11,13H2,1H3. The SMILES string of the molecule is CCc1ccc2occ(CC(=O)N3CCCc4ccccc43)c2c1. The Kier molecular flexibility index (Phi) is 3.85. The second-order valence-corrected chi connectivity index (χ2v) is 6.40. The Morgan fingerprint density at radius 2 is 2.08 bits per heavy atom. The van der Waals surface area contributed by atoms with E-state index in [-0.39, 0.29) is 5.91 Å². The molecule has 2 aromatic carbocycles. The molecule has 0 radical (unpaired) electrons. The summed E-state index contributed by atoms with van der Waals surface area (Å²) in [6, 6.07) is 14.4. The van der Waals surface area contributed by atoms with Gasteiger partial charge in [0.2, 0.25) is 5.91 Å². The summed E-state index contributed by atoms with van der Waals surface area (Å²) in [6.45, 7) is 2.93. The number of anilines is 1. The highest BCUT2D eigenvalue weighted by atomic mass is 16.3. The van der Waals surface area contributed by atoms with Crippen molar-refractivity contribution in [3.63, 3.8) is 0 Å². The van der Waals surface area contributed by atoms with Gasteiger partial charge in [-0.05, 0) is 48.6 Å². The topological polar surface area (TPSA) is 33.5 Å². The van der Waals surface area contributed by atoms with E-state index in [4.69, 9.17) is 4.42 Å². The van der Waals surface area contributed by atoms with Gasteiger partial charge in [0.05, 0.1) is 12.7 Å². The number of nitrogens with zero attached hydrogens (tertiary/aromatic N) is 1. The molecular formula is C21H21NO2. The molecule has 0 spiro atoms. The summed E-state index contributed by atoms with van der Waals surface area (Å²) in [5, 5.41) is 1.06. The molecule has 0 N–H and O–H groups in total. The predicted octanol–water partition coefficient (Wildman–Crippen LogP) is 4.52. The lowest BCUT2D eigenvalue weighted by atomic mass is 10.0. The van der Waals surface area contributed by atoms with Crippen molar-refractivity contribution in [2.75, 3.05) is 11.4 Å². The van der Waals surface area contributed by atoms with Crippen LogP contribution in [0.3, 0.4) is 0 Å². The number of rotatable bonds is 3. The number of benzene rings is 2. The van der Waals surface area contributed by atoms with Gasteiger partial charge >= 0.3 is 0 Å². The Morgan fingerprint density at radius 3 is 2.96 bits per heavy atom. The van der Waals surface area contributed by atoms with Crippen LogP contribution in [0.2, 0.25) is 0 Å². The van der Waals surface area contributed by atoms with Crippen molar-refractivity contribution in [3.8, 4) is 0 Å². The molecule has 3 nitrogen and oxygen atoms in total. The Balaban J connectivity index is 1.63. The van der Waals surface area contributed by atoms with Gasteiger partial charge in [-0.3, -0.25) is 4.79 Å². The van der Waals surface area contributed by atoms with E-state index in [0.29, 0.717) is 6.42 Å². The van der Waals surface area contributed by atoms with Crippen molar-refractivity contribution in [2.45, 2.75) is 32.6 Å². The van der Waals surface area contributed by atoms with Crippen LogP contribution in [0.25, 0.3) is 11.0 Å². The van der Waals surface area contributed by atoms with Crippen molar-refractivity contribution >= 4 is 22.6 Å². The molecule has 3 heteroatoms. The summed E-state index contributed by atoms with van der Waals surface area (Å²) in [4.78, 5) is 14.8. The Labute approximate surface area is 141 Å². The van der Waals surface area contributed by atoms with Gasteiger partial charge in [0.1, 0.15) is 5.58 Å². The highest BCUT2D eigenvalue weighted by Crippen LogP contribution is 2.29. The average molecular weight is 319 g/mol. The number of amides is 1. The zero-order chi connectivity index (χ0) is 16.5. The molecule has 0 aliphatic carbocycles. The predicted molar refractivity (Wildman–Crippen MR) is 96.4 cm³/mol. The number of hydrogen-bond donors (Lipinski definition) is 0. The van der Waals surface area contributed by atoms with E-state index in [9.17, 15) is 4.79 Å². The molecule has 122 valence electrons. The normalized spacial score (nSPS) is 14.0. The number of para-hydroxylation sites is 1. The minimum Gasteiger partial charge on any atom is -0.464 e. The third-order valence-corrected chi connectivity index (χ3v) is 4.88. The van der Waals surface area contributed by atoms with Crippen molar-refractivity contribution in [3.05, 3.63) is 65.4 Å². The van der Waals surface area contributed by atoms with Gasteiger partial charge in [-0.15, -0.1) is 0 Å². The number of aryl methyl sites for hydroxylation is 2. The lowest BCUT2D eigenvalue weighted by Gasteiger charge is -2.29. The van der Waals surface area contributed by atoms with Crippen LogP contribution in [0.15, 0.2) is 53.1 Å². The van der Waals surface area contributed by atoms with Crippen LogP contribution >= 0.6 is 0 Å². The molecule has 0 atom stereocenters. The third kappa shape index (κ3) is 2.60. The zero-order valence-corrected chi connectivity index (χ0v) is 13.9. The maximum Gasteiger partial charge on any atom is 0.231 e. The zero-order valence-electron chi connectivity index (χ0n) is 13.9. The summed E-state index contributed by atoms with van der Waals surface area (Å²) < 4.78 is 5.64. The molecule has 1 amide bonds. The molecule has 0 fully saturated rings. The van der Waals surface area contributed by atoms with Gasteiger partial charge < -0.3 is 9.32 Å². The first-order valence-corrected chi connectivity index (χ1v) is 8.63. The van der Waals surface area contributed by atoms with Gasteiger partial charge in [0, 0.05) is 23.2 Å². The quantitative estimate of drug-likeness (QED) is 0.711. The third-order valence-electron chi connectivity index (χ3n) is 4.88. The van der Waals surface area contributed by atoms with E-state index in [1.165, 1.54) is 11.1 Å². The van der Waals surface area contributed by atoms with Crippen molar-refractivity contribution < 1.29 is 9.21 Å². The molecule has 4 rings (SSSR count). The molecule has 0 unspecified atom stereocenters. The van der Waals surface area contributed by atoms with E-state index < -0.39 is 0 Å². The minimum atomic E-state index is 0.145. The molecule has 24 heavy (non-hydrogen) atoms. The first-order chi connectivity index (χ1) is 11.8. The van der Waals surface area contributed by atoms with Gasteiger partial charge in [-0.25, -0.2) is 0 Å². The van der Waals surface area contributed by atoms with Gasteiger partial charge in [-0.1, -0.05) is 31.2 Å². The lowest BCUT2D eigenvalue weighted by molar-refractivity contribution is -0.118. The maximum absolute atomic E-state index is 12.9. The van der Waals surface area contributed by atoms with Gasteiger partial charge in [0.25, 0.3) is 0 Å². The molecular weight excluding hydrogens is 298 g/mol. The van der Waals surface area contributed by atoms with Crippen LogP contribution in [0.1, 0.15) is 30.0 Å². The first kappa shape index (κ1) is 15.0. The minimum absolute atomic E-state index is 0.145. The fraction of sp³-hybridized carbons (Fsp3) is 0.286. The highest BCUT2D eigenvalue weighted by Gasteiger charge is 2.23. The number of fused-ring (bicyclic) bond motifs is 2. The largest absolute Gasteiger partial charge is 0.464 e. The van der Waals surface area contributed by atoms with Crippen LogP contribution in [0.5, 0.6) is 0 Å². The molecule has 1 aliphatic rings. The monoisotopic (exact) mass is 319 g/mol. The molecule has 1 aromatic heterocycles. The molecule has 2 heterocycles. The van der Waals surface area contributed by atoms with Crippen LogP contribution in [0, 0.1) is 0 Å². The van der Waals surface area contributed by atoms with Gasteiger partial charge in [-0.2, -0.15) is 0 Å². The maximum atomic E-state index is 12.9. The Bertz CT molecular complexity index is 894. The number of furan rings is 1. The summed E-state index contributed by atoms with van der Waals surface area (Å²) in [5.74, 6) is 0.145. The Morgan fingerprint density at radius 1 is 1.21 bits per heavy atom. The van der Waals surface area contributed by atoms with Crippen molar-refractivity contribution in [1.29, 1.82) is 0 Å². The van der Waals surface area contributed by atoms with Crippen LogP contribution in [-0.2, 0) is 24.1 Å². The Hall–Kier alpha value is -2.55.